The maximum Gasteiger partial charge on any atom is 0.00483 e. The van der Waals surface area contributed by atoms with Gasteiger partial charge < -0.3 is 10.6 Å². The van der Waals surface area contributed by atoms with Crippen molar-refractivity contribution in [2.24, 2.45) is 17.6 Å². The molecule has 3 unspecified atom stereocenters. The molecule has 0 aromatic rings. The van der Waals surface area contributed by atoms with E-state index in [4.69, 9.17) is 5.73 Å². The predicted molar refractivity (Wildman–Crippen MR) is 64.4 cm³/mol. The Kier molecular flexibility index (Phi) is 7.20. The summed E-state index contributed by atoms with van der Waals surface area (Å²) in [6.45, 7) is 14.6. The van der Waals surface area contributed by atoms with Crippen molar-refractivity contribution in [1.82, 2.24) is 4.90 Å². The molecule has 2 heteroatoms. The molecule has 86 valence electrons. The molecule has 0 fully saturated rings. The minimum absolute atomic E-state index is 0.306. The van der Waals surface area contributed by atoms with Crippen LogP contribution in [0.15, 0.2) is 0 Å². The zero-order valence-corrected chi connectivity index (χ0v) is 10.6. The molecule has 0 aromatic carbocycles. The van der Waals surface area contributed by atoms with E-state index in [0.29, 0.717) is 12.0 Å². The fourth-order valence-corrected chi connectivity index (χ4v) is 1.48. The monoisotopic (exact) mass is 200 g/mol. The fourth-order valence-electron chi connectivity index (χ4n) is 1.48. The number of nitrogens with zero attached hydrogens (tertiary/aromatic N) is 1. The van der Waals surface area contributed by atoms with Crippen molar-refractivity contribution in [3.63, 3.8) is 0 Å². The van der Waals surface area contributed by atoms with Crippen LogP contribution in [-0.4, -0.2) is 30.6 Å². The standard InChI is InChI=1S/C12H28N2/c1-6-10(3)8-14(7-2)9-11(4)12(5)13/h10-12H,6-9,13H2,1-5H3. The number of hydrogen-bond donors (Lipinski definition) is 1. The average Bonchev–Trinajstić information content (AvgIpc) is 2.16. The van der Waals surface area contributed by atoms with Crippen LogP contribution in [0.2, 0.25) is 0 Å². The molecule has 2 nitrogen and oxygen atoms in total. The van der Waals surface area contributed by atoms with E-state index in [-0.39, 0.29) is 0 Å². The smallest absolute Gasteiger partial charge is 0.00483 e. The van der Waals surface area contributed by atoms with Crippen LogP contribution in [0.3, 0.4) is 0 Å². The molecule has 0 saturated heterocycles. The second-order valence-corrected chi connectivity index (χ2v) is 4.70. The molecule has 0 bridgehead atoms. The summed E-state index contributed by atoms with van der Waals surface area (Å²) in [5, 5.41) is 0. The van der Waals surface area contributed by atoms with E-state index in [0.717, 1.165) is 19.0 Å². The molecular weight excluding hydrogens is 172 g/mol. The minimum Gasteiger partial charge on any atom is -0.328 e. The second-order valence-electron chi connectivity index (χ2n) is 4.70. The van der Waals surface area contributed by atoms with Crippen LogP contribution < -0.4 is 5.73 Å². The van der Waals surface area contributed by atoms with E-state index in [2.05, 4.69) is 39.5 Å². The van der Waals surface area contributed by atoms with Gasteiger partial charge in [-0.1, -0.05) is 34.1 Å². The van der Waals surface area contributed by atoms with Gasteiger partial charge in [-0.05, 0) is 25.3 Å². The first-order valence-electron chi connectivity index (χ1n) is 5.99. The summed E-state index contributed by atoms with van der Waals surface area (Å²) in [4.78, 5) is 2.52. The molecule has 3 atom stereocenters. The Morgan fingerprint density at radius 1 is 1.07 bits per heavy atom. The Morgan fingerprint density at radius 2 is 1.64 bits per heavy atom. The van der Waals surface area contributed by atoms with Crippen LogP contribution in [0.5, 0.6) is 0 Å². The van der Waals surface area contributed by atoms with E-state index < -0.39 is 0 Å². The zero-order chi connectivity index (χ0) is 11.1. The number of nitrogens with two attached hydrogens (primary N) is 1. The highest BCUT2D eigenvalue weighted by Crippen LogP contribution is 2.08. The van der Waals surface area contributed by atoms with E-state index in [1.54, 1.807) is 0 Å². The highest BCUT2D eigenvalue weighted by atomic mass is 15.1. The van der Waals surface area contributed by atoms with Crippen LogP contribution in [0.4, 0.5) is 0 Å². The highest BCUT2D eigenvalue weighted by Gasteiger charge is 2.13. The molecule has 0 saturated carbocycles. The van der Waals surface area contributed by atoms with Crippen LogP contribution >= 0.6 is 0 Å². The van der Waals surface area contributed by atoms with Gasteiger partial charge in [0.1, 0.15) is 0 Å². The van der Waals surface area contributed by atoms with Crippen molar-refractivity contribution in [3.05, 3.63) is 0 Å². The van der Waals surface area contributed by atoms with Crippen molar-refractivity contribution in [2.75, 3.05) is 19.6 Å². The molecule has 0 aliphatic rings. The Bertz CT molecular complexity index is 134. The molecule has 0 spiro atoms. The summed E-state index contributed by atoms with van der Waals surface area (Å²) in [6, 6.07) is 0.306. The van der Waals surface area contributed by atoms with E-state index in [9.17, 15) is 0 Å². The lowest BCUT2D eigenvalue weighted by molar-refractivity contribution is 0.206. The Hall–Kier alpha value is -0.0800. The van der Waals surface area contributed by atoms with Gasteiger partial charge in [-0.3, -0.25) is 0 Å². The molecule has 0 heterocycles. The third-order valence-corrected chi connectivity index (χ3v) is 3.16. The van der Waals surface area contributed by atoms with E-state index in [1.165, 1.54) is 13.0 Å². The summed E-state index contributed by atoms with van der Waals surface area (Å²) in [7, 11) is 0. The zero-order valence-electron chi connectivity index (χ0n) is 10.6. The lowest BCUT2D eigenvalue weighted by Crippen LogP contribution is -2.38. The van der Waals surface area contributed by atoms with E-state index >= 15 is 0 Å². The topological polar surface area (TPSA) is 29.3 Å². The van der Waals surface area contributed by atoms with Gasteiger partial charge in [-0.25, -0.2) is 0 Å². The molecule has 0 rings (SSSR count). The Balaban J connectivity index is 3.89. The molecular formula is C12H28N2. The third-order valence-electron chi connectivity index (χ3n) is 3.16. The van der Waals surface area contributed by atoms with Gasteiger partial charge in [-0.15, -0.1) is 0 Å². The molecule has 0 aliphatic carbocycles. The normalized spacial score (nSPS) is 18.2. The predicted octanol–water partition coefficient (Wildman–Crippen LogP) is 2.34. The van der Waals surface area contributed by atoms with Crippen LogP contribution in [0.1, 0.15) is 41.0 Å². The van der Waals surface area contributed by atoms with Crippen molar-refractivity contribution >= 4 is 0 Å². The van der Waals surface area contributed by atoms with Crippen LogP contribution in [0, 0.1) is 11.8 Å². The summed E-state index contributed by atoms with van der Waals surface area (Å²) in [5.41, 5.74) is 5.88. The summed E-state index contributed by atoms with van der Waals surface area (Å²) in [5.74, 6) is 1.40. The molecule has 0 aromatic heterocycles. The molecule has 14 heavy (non-hydrogen) atoms. The van der Waals surface area contributed by atoms with Crippen molar-refractivity contribution in [3.8, 4) is 0 Å². The lowest BCUT2D eigenvalue weighted by atomic mass is 10.0. The van der Waals surface area contributed by atoms with Gasteiger partial charge in [0.05, 0.1) is 0 Å². The maximum atomic E-state index is 5.88. The summed E-state index contributed by atoms with van der Waals surface area (Å²) in [6.07, 6.45) is 1.27. The first-order valence-corrected chi connectivity index (χ1v) is 5.99. The first-order chi connectivity index (χ1) is 6.51. The Morgan fingerprint density at radius 3 is 2.00 bits per heavy atom. The van der Waals surface area contributed by atoms with Crippen molar-refractivity contribution in [1.29, 1.82) is 0 Å². The fraction of sp³-hybridized carbons (Fsp3) is 1.00. The summed E-state index contributed by atoms with van der Waals surface area (Å²) >= 11 is 0. The third kappa shape index (κ3) is 5.61. The molecule has 0 aliphatic heterocycles. The SMILES string of the molecule is CCC(C)CN(CC)CC(C)C(C)N. The van der Waals surface area contributed by atoms with Gasteiger partial charge in [0, 0.05) is 19.1 Å². The highest BCUT2D eigenvalue weighted by molar-refractivity contribution is 4.69. The van der Waals surface area contributed by atoms with Gasteiger partial charge in [0.15, 0.2) is 0 Å². The van der Waals surface area contributed by atoms with Crippen LogP contribution in [0.25, 0.3) is 0 Å². The number of hydrogen-bond acceptors (Lipinski definition) is 2. The number of rotatable bonds is 7. The van der Waals surface area contributed by atoms with Crippen LogP contribution in [-0.2, 0) is 0 Å². The molecule has 0 amide bonds. The van der Waals surface area contributed by atoms with Gasteiger partial charge in [0.2, 0.25) is 0 Å². The van der Waals surface area contributed by atoms with Gasteiger partial charge >= 0.3 is 0 Å². The largest absolute Gasteiger partial charge is 0.328 e. The van der Waals surface area contributed by atoms with Gasteiger partial charge in [0.25, 0.3) is 0 Å². The second kappa shape index (κ2) is 7.24. The minimum atomic E-state index is 0.306. The molecule has 2 N–H and O–H groups in total. The van der Waals surface area contributed by atoms with E-state index in [1.807, 2.05) is 0 Å². The maximum absolute atomic E-state index is 5.88. The first kappa shape index (κ1) is 13.9. The summed E-state index contributed by atoms with van der Waals surface area (Å²) < 4.78 is 0. The lowest BCUT2D eigenvalue weighted by Gasteiger charge is -2.28. The molecule has 0 radical (unpaired) electrons. The Labute approximate surface area is 89.9 Å². The van der Waals surface area contributed by atoms with Crippen molar-refractivity contribution < 1.29 is 0 Å². The van der Waals surface area contributed by atoms with Gasteiger partial charge in [-0.2, -0.15) is 0 Å². The van der Waals surface area contributed by atoms with Crippen molar-refractivity contribution in [2.45, 2.75) is 47.1 Å². The quantitative estimate of drug-likeness (QED) is 0.683. The average molecular weight is 200 g/mol.